The maximum absolute atomic E-state index is 11.2. The predicted octanol–water partition coefficient (Wildman–Crippen LogP) is 0.0886. The SMILES string of the molecule is C=C(C)C(=O)OC(=O)[C@@H](N)CCCCN. The Morgan fingerprint density at radius 3 is 2.47 bits per heavy atom. The lowest BCUT2D eigenvalue weighted by molar-refractivity contribution is -0.158. The first-order valence-electron chi connectivity index (χ1n) is 4.86. The van der Waals surface area contributed by atoms with Crippen LogP contribution in [0.3, 0.4) is 0 Å². The molecule has 0 rings (SSSR count). The standard InChI is InChI=1S/C10H18N2O3/c1-7(2)9(13)15-10(14)8(12)5-3-4-6-11/h8H,1,3-6,11-12H2,2H3/t8-/m0/s1. The molecule has 0 saturated carbocycles. The van der Waals surface area contributed by atoms with Crippen LogP contribution in [0.25, 0.3) is 0 Å². The molecular formula is C10H18N2O3. The molecule has 0 radical (unpaired) electrons. The minimum atomic E-state index is -0.764. The van der Waals surface area contributed by atoms with Crippen LogP contribution in [0, 0.1) is 0 Å². The molecule has 0 heterocycles. The molecule has 0 fully saturated rings. The van der Waals surface area contributed by atoms with E-state index >= 15 is 0 Å². The summed E-state index contributed by atoms with van der Waals surface area (Å²) in [5.74, 6) is -1.44. The van der Waals surface area contributed by atoms with Crippen molar-refractivity contribution in [2.24, 2.45) is 11.5 Å². The zero-order valence-electron chi connectivity index (χ0n) is 8.99. The van der Waals surface area contributed by atoms with Crippen molar-refractivity contribution in [2.45, 2.75) is 32.2 Å². The van der Waals surface area contributed by atoms with Gasteiger partial charge in [-0.15, -0.1) is 0 Å². The minimum absolute atomic E-state index is 0.178. The average Bonchev–Trinajstić information content (AvgIpc) is 2.17. The highest BCUT2D eigenvalue weighted by atomic mass is 16.6. The lowest BCUT2D eigenvalue weighted by atomic mass is 10.1. The quantitative estimate of drug-likeness (QED) is 0.283. The smallest absolute Gasteiger partial charge is 0.340 e. The molecule has 0 aliphatic heterocycles. The van der Waals surface area contributed by atoms with Gasteiger partial charge in [0.1, 0.15) is 6.04 Å². The Labute approximate surface area is 89.5 Å². The van der Waals surface area contributed by atoms with Gasteiger partial charge in [0.2, 0.25) is 0 Å². The molecule has 5 heteroatoms. The van der Waals surface area contributed by atoms with Crippen molar-refractivity contribution in [3.63, 3.8) is 0 Å². The van der Waals surface area contributed by atoms with Crippen molar-refractivity contribution < 1.29 is 14.3 Å². The highest BCUT2D eigenvalue weighted by Crippen LogP contribution is 2.01. The van der Waals surface area contributed by atoms with Gasteiger partial charge in [0.05, 0.1) is 0 Å². The number of ether oxygens (including phenoxy) is 1. The molecule has 86 valence electrons. The summed E-state index contributed by atoms with van der Waals surface area (Å²) in [6.07, 6.45) is 2.02. The number of nitrogens with two attached hydrogens (primary N) is 2. The van der Waals surface area contributed by atoms with Gasteiger partial charge in [0, 0.05) is 5.57 Å². The fourth-order valence-electron chi connectivity index (χ4n) is 0.881. The summed E-state index contributed by atoms with van der Waals surface area (Å²) < 4.78 is 4.47. The maximum atomic E-state index is 11.2. The molecule has 0 spiro atoms. The van der Waals surface area contributed by atoms with Crippen molar-refractivity contribution in [2.75, 3.05) is 6.54 Å². The van der Waals surface area contributed by atoms with Gasteiger partial charge in [-0.25, -0.2) is 9.59 Å². The molecule has 1 atom stereocenters. The van der Waals surface area contributed by atoms with E-state index in [4.69, 9.17) is 11.5 Å². The Morgan fingerprint density at radius 1 is 1.40 bits per heavy atom. The van der Waals surface area contributed by atoms with Crippen LogP contribution in [0.4, 0.5) is 0 Å². The normalized spacial score (nSPS) is 11.9. The Morgan fingerprint density at radius 2 is 2.00 bits per heavy atom. The van der Waals surface area contributed by atoms with Crippen LogP contribution in [0.2, 0.25) is 0 Å². The molecule has 0 aliphatic carbocycles. The van der Waals surface area contributed by atoms with E-state index in [1.54, 1.807) is 0 Å². The van der Waals surface area contributed by atoms with Crippen LogP contribution in [0.5, 0.6) is 0 Å². The van der Waals surface area contributed by atoms with Crippen LogP contribution in [0.1, 0.15) is 26.2 Å². The van der Waals surface area contributed by atoms with Gasteiger partial charge in [-0.2, -0.15) is 0 Å². The highest BCUT2D eigenvalue weighted by Gasteiger charge is 2.18. The van der Waals surface area contributed by atoms with Crippen molar-refractivity contribution in [3.05, 3.63) is 12.2 Å². The molecule has 0 aromatic carbocycles. The molecule has 5 nitrogen and oxygen atoms in total. The largest absolute Gasteiger partial charge is 0.389 e. The lowest BCUT2D eigenvalue weighted by Crippen LogP contribution is -2.34. The number of rotatable bonds is 6. The summed E-state index contributed by atoms with van der Waals surface area (Å²) in [5, 5.41) is 0. The fraction of sp³-hybridized carbons (Fsp3) is 0.600. The van der Waals surface area contributed by atoms with Crippen LogP contribution in [0.15, 0.2) is 12.2 Å². The second-order valence-corrected chi connectivity index (χ2v) is 3.38. The first-order valence-corrected chi connectivity index (χ1v) is 4.86. The minimum Gasteiger partial charge on any atom is -0.389 e. The average molecular weight is 214 g/mol. The van der Waals surface area contributed by atoms with E-state index in [0.717, 1.165) is 12.8 Å². The topological polar surface area (TPSA) is 95.4 Å². The van der Waals surface area contributed by atoms with Crippen molar-refractivity contribution in [1.29, 1.82) is 0 Å². The summed E-state index contributed by atoms with van der Waals surface area (Å²) in [6, 6.07) is -0.764. The second kappa shape index (κ2) is 7.14. The molecule has 4 N–H and O–H groups in total. The predicted molar refractivity (Wildman–Crippen MR) is 56.8 cm³/mol. The summed E-state index contributed by atoms with van der Waals surface area (Å²) >= 11 is 0. The third-order valence-corrected chi connectivity index (χ3v) is 1.81. The molecule has 0 bridgehead atoms. The summed E-state index contributed by atoms with van der Waals surface area (Å²) in [5.41, 5.74) is 11.0. The molecule has 0 amide bonds. The van der Waals surface area contributed by atoms with E-state index in [1.165, 1.54) is 6.92 Å². The zero-order chi connectivity index (χ0) is 11.8. The van der Waals surface area contributed by atoms with Crippen molar-refractivity contribution in [3.8, 4) is 0 Å². The van der Waals surface area contributed by atoms with Crippen molar-refractivity contribution >= 4 is 11.9 Å². The Bertz CT molecular complexity index is 251. The molecule has 0 unspecified atom stereocenters. The van der Waals surface area contributed by atoms with Gasteiger partial charge >= 0.3 is 11.9 Å². The monoisotopic (exact) mass is 214 g/mol. The van der Waals surface area contributed by atoms with Gasteiger partial charge in [-0.05, 0) is 26.3 Å². The Kier molecular flexibility index (Phi) is 6.57. The number of carbonyl (C=O) groups excluding carboxylic acids is 2. The molecule has 0 aromatic rings. The fourth-order valence-corrected chi connectivity index (χ4v) is 0.881. The van der Waals surface area contributed by atoms with Crippen LogP contribution >= 0.6 is 0 Å². The summed E-state index contributed by atoms with van der Waals surface area (Å²) in [6.45, 7) is 5.39. The molecule has 0 aromatic heterocycles. The van der Waals surface area contributed by atoms with E-state index in [-0.39, 0.29) is 5.57 Å². The number of unbranched alkanes of at least 4 members (excludes halogenated alkanes) is 1. The Balaban J connectivity index is 3.88. The lowest BCUT2D eigenvalue weighted by Gasteiger charge is -2.09. The maximum Gasteiger partial charge on any atom is 0.340 e. The van der Waals surface area contributed by atoms with E-state index in [2.05, 4.69) is 11.3 Å². The van der Waals surface area contributed by atoms with E-state index in [1.807, 2.05) is 0 Å². The van der Waals surface area contributed by atoms with Gasteiger partial charge in [-0.3, -0.25) is 0 Å². The number of hydrogen-bond acceptors (Lipinski definition) is 5. The van der Waals surface area contributed by atoms with E-state index < -0.39 is 18.0 Å². The van der Waals surface area contributed by atoms with Gasteiger partial charge in [0.15, 0.2) is 0 Å². The summed E-state index contributed by atoms with van der Waals surface area (Å²) in [7, 11) is 0. The summed E-state index contributed by atoms with van der Waals surface area (Å²) in [4.78, 5) is 22.2. The number of esters is 2. The molecular weight excluding hydrogens is 196 g/mol. The third-order valence-electron chi connectivity index (χ3n) is 1.81. The molecule has 0 saturated heterocycles. The highest BCUT2D eigenvalue weighted by molar-refractivity contribution is 5.96. The third kappa shape index (κ3) is 5.98. The van der Waals surface area contributed by atoms with E-state index in [9.17, 15) is 9.59 Å². The molecule has 0 aliphatic rings. The van der Waals surface area contributed by atoms with Gasteiger partial charge in [0.25, 0.3) is 0 Å². The second-order valence-electron chi connectivity index (χ2n) is 3.38. The Hall–Kier alpha value is -1.20. The van der Waals surface area contributed by atoms with E-state index in [0.29, 0.717) is 13.0 Å². The first-order chi connectivity index (χ1) is 6.99. The van der Waals surface area contributed by atoms with Crippen molar-refractivity contribution in [1.82, 2.24) is 0 Å². The van der Waals surface area contributed by atoms with Gasteiger partial charge < -0.3 is 16.2 Å². The number of hydrogen-bond donors (Lipinski definition) is 2. The van der Waals surface area contributed by atoms with Crippen LogP contribution < -0.4 is 11.5 Å². The van der Waals surface area contributed by atoms with Crippen LogP contribution in [-0.2, 0) is 14.3 Å². The first kappa shape index (κ1) is 13.8. The van der Waals surface area contributed by atoms with Gasteiger partial charge in [-0.1, -0.05) is 13.0 Å². The van der Waals surface area contributed by atoms with Crippen LogP contribution in [-0.4, -0.2) is 24.5 Å². The number of carbonyl (C=O) groups is 2. The zero-order valence-corrected chi connectivity index (χ0v) is 8.99. The molecule has 15 heavy (non-hydrogen) atoms.